The average molecular weight is 268 g/mol. The van der Waals surface area contributed by atoms with Gasteiger partial charge in [0.15, 0.2) is 0 Å². The molecule has 106 valence electrons. The van der Waals surface area contributed by atoms with Crippen LogP contribution in [0, 0.1) is 5.92 Å². The van der Waals surface area contributed by atoms with E-state index in [4.69, 9.17) is 0 Å². The number of benzene rings is 1. The van der Waals surface area contributed by atoms with E-state index in [2.05, 4.69) is 55.0 Å². The van der Waals surface area contributed by atoms with Crippen LogP contribution >= 0.6 is 0 Å². The van der Waals surface area contributed by atoms with Crippen molar-refractivity contribution in [3.8, 4) is 11.3 Å². The van der Waals surface area contributed by atoms with Crippen molar-refractivity contribution in [2.75, 3.05) is 0 Å². The van der Waals surface area contributed by atoms with Gasteiger partial charge in [0.25, 0.3) is 0 Å². The minimum atomic E-state index is 0.708. The van der Waals surface area contributed by atoms with E-state index in [-0.39, 0.29) is 0 Å². The molecule has 0 radical (unpaired) electrons. The van der Waals surface area contributed by atoms with Gasteiger partial charge in [-0.15, -0.1) is 0 Å². The van der Waals surface area contributed by atoms with Gasteiger partial charge in [0, 0.05) is 11.3 Å². The lowest BCUT2D eigenvalue weighted by Crippen LogP contribution is -2.04. The standard InChI is InChI=1S/C18H24N2/c1-4-8-16-17(12-11-14(2)3)19-13-20-18(16)15-9-6-5-7-10-15/h5-7,9-10,13-14H,4,8,11-12H2,1-3H3. The molecule has 1 heterocycles. The van der Waals surface area contributed by atoms with Crippen LogP contribution in [0.15, 0.2) is 36.7 Å². The van der Waals surface area contributed by atoms with Crippen molar-refractivity contribution in [3.05, 3.63) is 47.9 Å². The molecule has 0 aliphatic heterocycles. The fourth-order valence-corrected chi connectivity index (χ4v) is 2.45. The molecule has 0 N–H and O–H groups in total. The zero-order valence-corrected chi connectivity index (χ0v) is 12.8. The summed E-state index contributed by atoms with van der Waals surface area (Å²) in [6.45, 7) is 6.74. The molecule has 0 aliphatic rings. The molecular formula is C18H24N2. The zero-order valence-electron chi connectivity index (χ0n) is 12.8. The van der Waals surface area contributed by atoms with E-state index in [1.807, 2.05) is 6.07 Å². The number of rotatable bonds is 6. The third kappa shape index (κ3) is 3.66. The van der Waals surface area contributed by atoms with Crippen molar-refractivity contribution in [1.29, 1.82) is 0 Å². The van der Waals surface area contributed by atoms with Crippen LogP contribution in [0.3, 0.4) is 0 Å². The minimum Gasteiger partial charge on any atom is -0.241 e. The SMILES string of the molecule is CCCc1c(CCC(C)C)ncnc1-c1ccccc1. The maximum absolute atomic E-state index is 4.54. The Balaban J connectivity index is 2.38. The molecule has 0 spiro atoms. The minimum absolute atomic E-state index is 0.708. The first-order valence-electron chi connectivity index (χ1n) is 7.60. The van der Waals surface area contributed by atoms with Crippen LogP contribution in [0.25, 0.3) is 11.3 Å². The zero-order chi connectivity index (χ0) is 14.4. The highest BCUT2D eigenvalue weighted by atomic mass is 14.8. The van der Waals surface area contributed by atoms with Crippen LogP contribution < -0.4 is 0 Å². The molecule has 1 aromatic heterocycles. The van der Waals surface area contributed by atoms with Crippen molar-refractivity contribution >= 4 is 0 Å². The Labute approximate surface area is 122 Å². The molecule has 2 nitrogen and oxygen atoms in total. The van der Waals surface area contributed by atoms with Gasteiger partial charge >= 0.3 is 0 Å². The molecule has 0 bridgehead atoms. The smallest absolute Gasteiger partial charge is 0.116 e. The van der Waals surface area contributed by atoms with Gasteiger partial charge in [0.05, 0.1) is 5.69 Å². The van der Waals surface area contributed by atoms with Crippen molar-refractivity contribution in [2.24, 2.45) is 5.92 Å². The number of aromatic nitrogens is 2. The van der Waals surface area contributed by atoms with E-state index in [1.165, 1.54) is 23.2 Å². The largest absolute Gasteiger partial charge is 0.241 e. The fourth-order valence-electron chi connectivity index (χ4n) is 2.45. The highest BCUT2D eigenvalue weighted by molar-refractivity contribution is 5.63. The van der Waals surface area contributed by atoms with Crippen LogP contribution in [-0.2, 0) is 12.8 Å². The van der Waals surface area contributed by atoms with Crippen LogP contribution in [0.5, 0.6) is 0 Å². The summed E-state index contributed by atoms with van der Waals surface area (Å²) >= 11 is 0. The fraction of sp³-hybridized carbons (Fsp3) is 0.444. The average Bonchev–Trinajstić information content (AvgIpc) is 2.47. The quantitative estimate of drug-likeness (QED) is 0.760. The molecule has 2 heteroatoms. The van der Waals surface area contributed by atoms with Gasteiger partial charge in [0.2, 0.25) is 0 Å². The first-order chi connectivity index (χ1) is 9.72. The van der Waals surface area contributed by atoms with Crippen LogP contribution in [-0.4, -0.2) is 9.97 Å². The molecule has 0 atom stereocenters. The first kappa shape index (κ1) is 14.7. The van der Waals surface area contributed by atoms with E-state index in [0.717, 1.165) is 25.0 Å². The molecule has 20 heavy (non-hydrogen) atoms. The summed E-state index contributed by atoms with van der Waals surface area (Å²) in [5, 5.41) is 0. The van der Waals surface area contributed by atoms with Gasteiger partial charge in [-0.2, -0.15) is 0 Å². The molecule has 2 aromatic rings. The lowest BCUT2D eigenvalue weighted by molar-refractivity contribution is 0.578. The summed E-state index contributed by atoms with van der Waals surface area (Å²) in [6.07, 6.45) is 6.13. The van der Waals surface area contributed by atoms with Gasteiger partial charge in [-0.3, -0.25) is 0 Å². The lowest BCUT2D eigenvalue weighted by atomic mass is 9.96. The first-order valence-corrected chi connectivity index (χ1v) is 7.60. The molecule has 0 unspecified atom stereocenters. The van der Waals surface area contributed by atoms with E-state index in [0.29, 0.717) is 5.92 Å². The molecule has 0 fully saturated rings. The summed E-state index contributed by atoms with van der Waals surface area (Å²) in [5.41, 5.74) is 4.88. The van der Waals surface area contributed by atoms with Gasteiger partial charge in [0.1, 0.15) is 6.33 Å². The Kier molecular flexibility index (Phi) is 5.28. The molecule has 2 rings (SSSR count). The number of nitrogens with zero attached hydrogens (tertiary/aromatic N) is 2. The predicted molar refractivity (Wildman–Crippen MR) is 84.6 cm³/mol. The molecule has 0 aliphatic carbocycles. The maximum Gasteiger partial charge on any atom is 0.116 e. The van der Waals surface area contributed by atoms with Gasteiger partial charge in [-0.1, -0.05) is 57.5 Å². The van der Waals surface area contributed by atoms with Crippen molar-refractivity contribution in [1.82, 2.24) is 9.97 Å². The third-order valence-corrected chi connectivity index (χ3v) is 3.54. The second-order valence-electron chi connectivity index (χ2n) is 5.70. The van der Waals surface area contributed by atoms with Gasteiger partial charge in [-0.05, 0) is 30.7 Å². The van der Waals surface area contributed by atoms with Crippen LogP contribution in [0.4, 0.5) is 0 Å². The number of aryl methyl sites for hydroxylation is 1. The lowest BCUT2D eigenvalue weighted by Gasteiger charge is -2.13. The van der Waals surface area contributed by atoms with Gasteiger partial charge < -0.3 is 0 Å². The Morgan fingerprint density at radius 1 is 1.00 bits per heavy atom. The predicted octanol–water partition coefficient (Wildman–Crippen LogP) is 4.68. The van der Waals surface area contributed by atoms with E-state index < -0.39 is 0 Å². The van der Waals surface area contributed by atoms with Crippen molar-refractivity contribution < 1.29 is 0 Å². The van der Waals surface area contributed by atoms with Gasteiger partial charge in [-0.25, -0.2) is 9.97 Å². The van der Waals surface area contributed by atoms with E-state index >= 15 is 0 Å². The second-order valence-corrected chi connectivity index (χ2v) is 5.70. The van der Waals surface area contributed by atoms with E-state index in [9.17, 15) is 0 Å². The topological polar surface area (TPSA) is 25.8 Å². The van der Waals surface area contributed by atoms with Crippen LogP contribution in [0.2, 0.25) is 0 Å². The number of hydrogen-bond acceptors (Lipinski definition) is 2. The van der Waals surface area contributed by atoms with Crippen molar-refractivity contribution in [2.45, 2.75) is 46.5 Å². The summed E-state index contributed by atoms with van der Waals surface area (Å²) in [6, 6.07) is 10.5. The third-order valence-electron chi connectivity index (χ3n) is 3.54. The maximum atomic E-state index is 4.54. The Morgan fingerprint density at radius 2 is 1.75 bits per heavy atom. The van der Waals surface area contributed by atoms with Crippen molar-refractivity contribution in [3.63, 3.8) is 0 Å². The Bertz CT molecular complexity index is 532. The highest BCUT2D eigenvalue weighted by Crippen LogP contribution is 2.25. The molecular weight excluding hydrogens is 244 g/mol. The Hall–Kier alpha value is -1.70. The summed E-state index contributed by atoms with van der Waals surface area (Å²) in [4.78, 5) is 9.09. The summed E-state index contributed by atoms with van der Waals surface area (Å²) < 4.78 is 0. The van der Waals surface area contributed by atoms with Crippen LogP contribution in [0.1, 0.15) is 44.9 Å². The number of hydrogen-bond donors (Lipinski definition) is 0. The second kappa shape index (κ2) is 7.18. The summed E-state index contributed by atoms with van der Waals surface area (Å²) in [7, 11) is 0. The highest BCUT2D eigenvalue weighted by Gasteiger charge is 2.12. The normalized spacial score (nSPS) is 11.0. The Morgan fingerprint density at radius 3 is 2.40 bits per heavy atom. The molecule has 0 saturated carbocycles. The van der Waals surface area contributed by atoms with E-state index in [1.54, 1.807) is 6.33 Å². The molecule has 0 amide bonds. The summed E-state index contributed by atoms with van der Waals surface area (Å²) in [5.74, 6) is 0.708. The monoisotopic (exact) mass is 268 g/mol. The molecule has 0 saturated heterocycles. The molecule has 1 aromatic carbocycles.